The number of hydrogen-bond acceptors (Lipinski definition) is 0. The van der Waals surface area contributed by atoms with Gasteiger partial charge in [0.2, 0.25) is 11.4 Å². The first-order chi connectivity index (χ1) is 8.97. The van der Waals surface area contributed by atoms with Gasteiger partial charge in [0.05, 0.1) is 8.95 Å². The van der Waals surface area contributed by atoms with Crippen LogP contribution in [0.5, 0.6) is 0 Å². The van der Waals surface area contributed by atoms with Crippen molar-refractivity contribution in [3.63, 3.8) is 0 Å². The van der Waals surface area contributed by atoms with Gasteiger partial charge >= 0.3 is 0 Å². The van der Waals surface area contributed by atoms with Gasteiger partial charge in [-0.25, -0.2) is 4.70 Å². The van der Waals surface area contributed by atoms with Crippen molar-refractivity contribution in [1.82, 2.24) is 4.70 Å². The fraction of sp³-hybridized carbons (Fsp3) is 0.200. The van der Waals surface area contributed by atoms with E-state index in [-0.39, 0.29) is 0 Å². The maximum atomic E-state index is 10.6. The molecule has 4 aliphatic rings. The lowest BCUT2D eigenvalue weighted by Gasteiger charge is -2.18. The Morgan fingerprint density at radius 2 is 1.32 bits per heavy atom. The smallest absolute Gasteiger partial charge is 0.217 e. The molecule has 0 radical (unpaired) electrons. The lowest BCUT2D eigenvalue weighted by atomic mass is 9.98. The van der Waals surface area contributed by atoms with Crippen molar-refractivity contribution < 1.29 is 0 Å². The van der Waals surface area contributed by atoms with Gasteiger partial charge in [-0.3, -0.25) is 0 Å². The standard InChI is InChI=1S/C15H12Br2N2/c1-8-3-10-5-11-4-9(2)15(13(17)7-11)19(18)14(8)12(16)6-10/h3-4,6-7H,5H2,1-2H3. The van der Waals surface area contributed by atoms with Crippen molar-refractivity contribution in [2.24, 2.45) is 0 Å². The highest BCUT2D eigenvalue weighted by Crippen LogP contribution is 2.40. The van der Waals surface area contributed by atoms with Crippen LogP contribution in [0.1, 0.15) is 22.3 Å². The van der Waals surface area contributed by atoms with Crippen molar-refractivity contribution >= 4 is 43.2 Å². The summed E-state index contributed by atoms with van der Waals surface area (Å²) >= 11 is 7.13. The van der Waals surface area contributed by atoms with Crippen LogP contribution >= 0.6 is 31.9 Å². The summed E-state index contributed by atoms with van der Waals surface area (Å²) in [5.74, 6) is 0. The minimum Gasteiger partial charge on any atom is -0.493 e. The van der Waals surface area contributed by atoms with Gasteiger partial charge in [-0.05, 0) is 87.5 Å². The summed E-state index contributed by atoms with van der Waals surface area (Å²) in [6.45, 7) is 4.04. The Hall–Kier alpha value is -1.000. The molecule has 0 saturated carbocycles. The maximum absolute atomic E-state index is 10.6. The molecule has 2 nitrogen and oxygen atoms in total. The zero-order chi connectivity index (χ0) is 13.7. The van der Waals surface area contributed by atoms with Gasteiger partial charge in [0.15, 0.2) is 0 Å². The van der Waals surface area contributed by atoms with E-state index >= 15 is 0 Å². The highest BCUT2D eigenvalue weighted by molar-refractivity contribution is 9.11. The van der Waals surface area contributed by atoms with Crippen LogP contribution in [0.15, 0.2) is 33.2 Å². The fourth-order valence-electron chi connectivity index (χ4n) is 2.70. The molecule has 2 aromatic rings. The van der Waals surface area contributed by atoms with Crippen molar-refractivity contribution in [2.75, 3.05) is 0 Å². The quantitative estimate of drug-likeness (QED) is 0.455. The lowest BCUT2D eigenvalue weighted by molar-refractivity contribution is 0.988. The number of halogens is 2. The van der Waals surface area contributed by atoms with Crippen LogP contribution in [0.3, 0.4) is 0 Å². The Morgan fingerprint density at radius 1 is 0.895 bits per heavy atom. The molecule has 0 spiro atoms. The Labute approximate surface area is 129 Å². The van der Waals surface area contributed by atoms with Crippen LogP contribution < -0.4 is 4.70 Å². The lowest BCUT2D eigenvalue weighted by Crippen LogP contribution is -2.07. The minimum absolute atomic E-state index is 0.794. The summed E-state index contributed by atoms with van der Waals surface area (Å²) in [5, 5.41) is 0. The molecule has 2 aromatic carbocycles. The van der Waals surface area contributed by atoms with Gasteiger partial charge in [-0.1, -0.05) is 0 Å². The molecule has 4 heterocycles. The SMILES string of the molecule is Cc1cc2cc(Br)c1[N+](=[N-])c1c(C)cc(cc1Br)C2. The molecule has 0 unspecified atom stereocenters. The van der Waals surface area contributed by atoms with Crippen LogP contribution in [0.2, 0.25) is 0 Å². The van der Waals surface area contributed by atoms with E-state index in [0.717, 1.165) is 37.9 Å². The molecular formula is C15H12Br2N2. The zero-order valence-electron chi connectivity index (χ0n) is 10.7. The Morgan fingerprint density at radius 3 is 1.68 bits per heavy atom. The number of rotatable bonds is 0. The predicted octanol–water partition coefficient (Wildman–Crippen LogP) is 5.59. The molecule has 0 aliphatic carbocycles. The van der Waals surface area contributed by atoms with Crippen LogP contribution in [-0.4, -0.2) is 0 Å². The number of nitrogens with zero attached hydrogens (tertiary/aromatic N) is 2. The summed E-state index contributed by atoms with van der Waals surface area (Å²) in [6, 6.07) is 8.40. The van der Waals surface area contributed by atoms with E-state index in [4.69, 9.17) is 0 Å². The third kappa shape index (κ3) is 2.07. The molecule has 0 saturated heterocycles. The van der Waals surface area contributed by atoms with Crippen molar-refractivity contribution in [3.05, 3.63) is 61.0 Å². The number of aryl methyl sites for hydroxylation is 2. The van der Waals surface area contributed by atoms with E-state index in [9.17, 15) is 5.53 Å². The van der Waals surface area contributed by atoms with Gasteiger partial charge in [0.25, 0.3) is 0 Å². The second kappa shape index (κ2) is 4.53. The second-order valence-corrected chi connectivity index (χ2v) is 6.68. The van der Waals surface area contributed by atoms with Crippen molar-refractivity contribution in [2.45, 2.75) is 20.3 Å². The average Bonchev–Trinajstić information content (AvgIpc) is 2.25. The van der Waals surface area contributed by atoms with Crippen LogP contribution in [0.25, 0.3) is 5.53 Å². The predicted molar refractivity (Wildman–Crippen MR) is 85.4 cm³/mol. The van der Waals surface area contributed by atoms with Crippen LogP contribution in [-0.2, 0) is 6.42 Å². The summed E-state index contributed by atoms with van der Waals surface area (Å²) < 4.78 is 3.09. The first kappa shape index (κ1) is 13.0. The van der Waals surface area contributed by atoms with E-state index in [2.05, 4.69) is 56.1 Å². The van der Waals surface area contributed by atoms with Gasteiger partial charge in [-0.2, -0.15) is 0 Å². The third-order valence-electron chi connectivity index (χ3n) is 3.46. The van der Waals surface area contributed by atoms with E-state index in [0.29, 0.717) is 0 Å². The molecule has 0 amide bonds. The van der Waals surface area contributed by atoms with Crippen molar-refractivity contribution in [3.8, 4) is 0 Å². The second-order valence-electron chi connectivity index (χ2n) is 4.97. The van der Waals surface area contributed by atoms with Crippen molar-refractivity contribution in [1.29, 1.82) is 0 Å². The Kier molecular flexibility index (Phi) is 3.10. The molecule has 0 atom stereocenters. The summed E-state index contributed by atoms with van der Waals surface area (Å²) in [5.41, 5.74) is 16.8. The molecule has 0 N–H and O–H groups in total. The normalized spacial score (nSPS) is 13.2. The van der Waals surface area contributed by atoms with Gasteiger partial charge in [-0.15, -0.1) is 0 Å². The van der Waals surface area contributed by atoms with Gasteiger partial charge in [0.1, 0.15) is 0 Å². The van der Waals surface area contributed by atoms with E-state index in [1.165, 1.54) is 15.8 Å². The largest absolute Gasteiger partial charge is 0.493 e. The third-order valence-corrected chi connectivity index (χ3v) is 4.67. The number of benzene rings is 2. The molecule has 0 aromatic heterocycles. The zero-order valence-corrected chi connectivity index (χ0v) is 13.8. The molecule has 19 heavy (non-hydrogen) atoms. The Bertz CT molecular complexity index is 615. The molecule has 6 rings (SSSR count). The molecule has 96 valence electrons. The highest BCUT2D eigenvalue weighted by atomic mass is 79.9. The molecule has 4 aliphatic heterocycles. The molecule has 4 bridgehead atoms. The molecular weight excluding hydrogens is 368 g/mol. The fourth-order valence-corrected chi connectivity index (χ4v) is 4.25. The molecule has 0 fully saturated rings. The average molecular weight is 380 g/mol. The van der Waals surface area contributed by atoms with E-state index in [1.54, 1.807) is 0 Å². The Balaban J connectivity index is 2.42. The van der Waals surface area contributed by atoms with Crippen LogP contribution in [0, 0.1) is 13.8 Å². The molecule has 4 heteroatoms. The first-order valence-electron chi connectivity index (χ1n) is 6.04. The summed E-state index contributed by atoms with van der Waals surface area (Å²) in [6.07, 6.45) is 0.894. The van der Waals surface area contributed by atoms with E-state index in [1.807, 2.05) is 13.8 Å². The monoisotopic (exact) mass is 378 g/mol. The minimum atomic E-state index is 0.794. The maximum Gasteiger partial charge on any atom is 0.217 e. The topological polar surface area (TPSA) is 25.3 Å². The summed E-state index contributed by atoms with van der Waals surface area (Å²) in [4.78, 5) is 0. The van der Waals surface area contributed by atoms with E-state index < -0.39 is 0 Å². The highest BCUT2D eigenvalue weighted by Gasteiger charge is 2.23. The first-order valence-corrected chi connectivity index (χ1v) is 7.63. The van der Waals surface area contributed by atoms with Gasteiger partial charge in [0, 0.05) is 11.1 Å². The van der Waals surface area contributed by atoms with Gasteiger partial charge < -0.3 is 5.53 Å². The van der Waals surface area contributed by atoms with Crippen LogP contribution in [0.4, 0.5) is 11.4 Å². The summed E-state index contributed by atoms with van der Waals surface area (Å²) in [7, 11) is 0. The number of hydrogen-bond donors (Lipinski definition) is 0.